The highest BCUT2D eigenvalue weighted by molar-refractivity contribution is 5.94. The van der Waals surface area contributed by atoms with Gasteiger partial charge in [0.1, 0.15) is 12.3 Å². The predicted octanol–water partition coefficient (Wildman–Crippen LogP) is 2.35. The van der Waals surface area contributed by atoms with E-state index in [0.717, 1.165) is 22.3 Å². The van der Waals surface area contributed by atoms with Gasteiger partial charge in [-0.2, -0.15) is 5.10 Å². The smallest absolute Gasteiger partial charge is 0.412 e. The van der Waals surface area contributed by atoms with Crippen LogP contribution in [0.4, 0.5) is 10.6 Å². The molecule has 1 aromatic heterocycles. The third kappa shape index (κ3) is 4.76. The standard InChI is InChI=1S/C24H24N4O6/c1-28-19(22(30)25-11-10-20(29)23(31)32)12-21(27-28)26-24(33)34-13-18-16-8-4-2-6-14(16)15-7-3-5-9-17(15)18/h2-9,12,18,20,29H,10-11,13H2,1H3,(H,25,30)(H,31,32)(H,26,27,33)/t20-/m0/s1. The van der Waals surface area contributed by atoms with Crippen LogP contribution in [-0.4, -0.2) is 57.2 Å². The monoisotopic (exact) mass is 464 g/mol. The van der Waals surface area contributed by atoms with Crippen molar-refractivity contribution in [3.05, 3.63) is 71.4 Å². The van der Waals surface area contributed by atoms with Crippen LogP contribution in [0.3, 0.4) is 0 Å². The second-order valence-corrected chi connectivity index (χ2v) is 7.89. The van der Waals surface area contributed by atoms with Crippen molar-refractivity contribution in [2.45, 2.75) is 18.4 Å². The average Bonchev–Trinajstić information content (AvgIpc) is 3.34. The Hall–Kier alpha value is -4.18. The molecule has 10 nitrogen and oxygen atoms in total. The molecule has 2 aromatic carbocycles. The second kappa shape index (κ2) is 9.75. The number of aliphatic hydroxyl groups is 1. The number of aryl methyl sites for hydroxylation is 1. The number of aromatic nitrogens is 2. The van der Waals surface area contributed by atoms with Crippen molar-refractivity contribution in [2.24, 2.45) is 7.05 Å². The molecule has 4 N–H and O–H groups in total. The average molecular weight is 464 g/mol. The molecule has 2 amide bonds. The first-order chi connectivity index (χ1) is 16.3. The Balaban J connectivity index is 1.35. The van der Waals surface area contributed by atoms with E-state index in [1.165, 1.54) is 17.8 Å². The number of amides is 2. The maximum Gasteiger partial charge on any atom is 0.412 e. The van der Waals surface area contributed by atoms with E-state index in [4.69, 9.17) is 9.84 Å². The van der Waals surface area contributed by atoms with E-state index < -0.39 is 24.1 Å². The molecule has 0 bridgehead atoms. The second-order valence-electron chi connectivity index (χ2n) is 7.89. The molecule has 4 rings (SSSR count). The fourth-order valence-electron chi connectivity index (χ4n) is 4.02. The van der Waals surface area contributed by atoms with Crippen LogP contribution in [0.25, 0.3) is 11.1 Å². The summed E-state index contributed by atoms with van der Waals surface area (Å²) in [4.78, 5) is 35.4. The van der Waals surface area contributed by atoms with Gasteiger partial charge in [-0.15, -0.1) is 0 Å². The SMILES string of the molecule is Cn1nc(NC(=O)OCC2c3ccccc3-c3ccccc32)cc1C(=O)NCC[C@H](O)C(=O)O. The lowest BCUT2D eigenvalue weighted by molar-refractivity contribution is -0.146. The van der Waals surface area contributed by atoms with Gasteiger partial charge in [0, 0.05) is 32.0 Å². The topological polar surface area (TPSA) is 143 Å². The number of aliphatic carboxylic acids is 1. The van der Waals surface area contributed by atoms with Crippen LogP contribution in [0.2, 0.25) is 0 Å². The van der Waals surface area contributed by atoms with Gasteiger partial charge in [0.2, 0.25) is 0 Å². The number of rotatable bonds is 8. The van der Waals surface area contributed by atoms with E-state index in [-0.39, 0.29) is 37.0 Å². The van der Waals surface area contributed by atoms with Crippen molar-refractivity contribution in [3.8, 4) is 11.1 Å². The molecular formula is C24H24N4O6. The van der Waals surface area contributed by atoms with Crippen molar-refractivity contribution >= 4 is 23.8 Å². The van der Waals surface area contributed by atoms with E-state index in [1.807, 2.05) is 36.4 Å². The van der Waals surface area contributed by atoms with Gasteiger partial charge in [-0.1, -0.05) is 48.5 Å². The maximum atomic E-state index is 12.4. The summed E-state index contributed by atoms with van der Waals surface area (Å²) in [7, 11) is 1.53. The number of carboxylic acid groups (broad SMARTS) is 1. The molecule has 0 radical (unpaired) electrons. The van der Waals surface area contributed by atoms with Crippen LogP contribution in [-0.2, 0) is 16.6 Å². The zero-order valence-corrected chi connectivity index (χ0v) is 18.4. The van der Waals surface area contributed by atoms with Gasteiger partial charge in [0.25, 0.3) is 5.91 Å². The number of hydrogen-bond donors (Lipinski definition) is 4. The summed E-state index contributed by atoms with van der Waals surface area (Å²) in [5.74, 6) is -1.82. The Morgan fingerprint density at radius 2 is 1.71 bits per heavy atom. The molecule has 34 heavy (non-hydrogen) atoms. The zero-order valence-electron chi connectivity index (χ0n) is 18.4. The van der Waals surface area contributed by atoms with Crippen molar-refractivity contribution in [3.63, 3.8) is 0 Å². The molecule has 0 saturated heterocycles. The van der Waals surface area contributed by atoms with Gasteiger partial charge >= 0.3 is 12.1 Å². The van der Waals surface area contributed by atoms with Crippen LogP contribution in [0.5, 0.6) is 0 Å². The number of nitrogens with zero attached hydrogens (tertiary/aromatic N) is 2. The minimum atomic E-state index is -1.56. The zero-order chi connectivity index (χ0) is 24.2. The third-order valence-electron chi connectivity index (χ3n) is 5.67. The van der Waals surface area contributed by atoms with Crippen molar-refractivity contribution in [1.29, 1.82) is 0 Å². The number of hydrogen-bond acceptors (Lipinski definition) is 6. The molecule has 1 atom stereocenters. The van der Waals surface area contributed by atoms with E-state index in [9.17, 15) is 19.5 Å². The maximum absolute atomic E-state index is 12.4. The summed E-state index contributed by atoms with van der Waals surface area (Å²) >= 11 is 0. The van der Waals surface area contributed by atoms with Gasteiger partial charge in [-0.25, -0.2) is 9.59 Å². The Kier molecular flexibility index (Phi) is 6.60. The molecule has 176 valence electrons. The summed E-state index contributed by atoms with van der Waals surface area (Å²) in [5, 5.41) is 27.1. The van der Waals surface area contributed by atoms with Crippen LogP contribution in [0.1, 0.15) is 34.0 Å². The lowest BCUT2D eigenvalue weighted by Gasteiger charge is -2.14. The highest BCUT2D eigenvalue weighted by atomic mass is 16.5. The number of anilines is 1. The van der Waals surface area contributed by atoms with E-state index >= 15 is 0 Å². The molecule has 10 heteroatoms. The number of carbonyl (C=O) groups is 3. The largest absolute Gasteiger partial charge is 0.479 e. The molecule has 0 spiro atoms. The minimum absolute atomic E-state index is 0.0351. The summed E-state index contributed by atoms with van der Waals surface area (Å²) in [6, 6.07) is 17.4. The van der Waals surface area contributed by atoms with Crippen LogP contribution >= 0.6 is 0 Å². The van der Waals surface area contributed by atoms with Gasteiger partial charge in [-0.05, 0) is 22.3 Å². The summed E-state index contributed by atoms with van der Waals surface area (Å²) < 4.78 is 6.76. The summed E-state index contributed by atoms with van der Waals surface area (Å²) in [6.45, 7) is 0.110. The Labute approximate surface area is 195 Å². The molecule has 0 unspecified atom stereocenters. The molecule has 0 saturated carbocycles. The van der Waals surface area contributed by atoms with Crippen LogP contribution < -0.4 is 10.6 Å². The molecule has 3 aromatic rings. The Bertz CT molecular complexity index is 1190. The number of carbonyl (C=O) groups excluding carboxylic acids is 2. The normalized spacial score (nSPS) is 13.0. The third-order valence-corrected chi connectivity index (χ3v) is 5.67. The lowest BCUT2D eigenvalue weighted by Crippen LogP contribution is -2.31. The van der Waals surface area contributed by atoms with E-state index in [0.29, 0.717) is 0 Å². The number of benzene rings is 2. The Morgan fingerprint density at radius 3 is 2.32 bits per heavy atom. The predicted molar refractivity (Wildman–Crippen MR) is 122 cm³/mol. The van der Waals surface area contributed by atoms with Crippen molar-refractivity contribution in [1.82, 2.24) is 15.1 Å². The molecule has 0 fully saturated rings. The number of nitrogens with one attached hydrogen (secondary N) is 2. The number of carboxylic acids is 1. The van der Waals surface area contributed by atoms with Gasteiger partial charge in [0.05, 0.1) is 0 Å². The quantitative estimate of drug-likeness (QED) is 0.401. The lowest BCUT2D eigenvalue weighted by atomic mass is 9.98. The fourth-order valence-corrected chi connectivity index (χ4v) is 4.02. The molecule has 1 aliphatic rings. The summed E-state index contributed by atoms with van der Waals surface area (Å²) in [5.41, 5.74) is 4.60. The number of fused-ring (bicyclic) bond motifs is 3. The minimum Gasteiger partial charge on any atom is -0.479 e. The van der Waals surface area contributed by atoms with E-state index in [2.05, 4.69) is 27.9 Å². The molecule has 1 aliphatic carbocycles. The van der Waals surface area contributed by atoms with Crippen LogP contribution in [0, 0.1) is 0 Å². The van der Waals surface area contributed by atoms with Gasteiger partial charge in [0.15, 0.2) is 11.9 Å². The first kappa shape index (κ1) is 23.0. The molecular weight excluding hydrogens is 440 g/mol. The fraction of sp³-hybridized carbons (Fsp3) is 0.250. The van der Waals surface area contributed by atoms with E-state index in [1.54, 1.807) is 0 Å². The highest BCUT2D eigenvalue weighted by Gasteiger charge is 2.29. The first-order valence-electron chi connectivity index (χ1n) is 10.7. The van der Waals surface area contributed by atoms with Crippen molar-refractivity contribution in [2.75, 3.05) is 18.5 Å². The van der Waals surface area contributed by atoms with Crippen LogP contribution in [0.15, 0.2) is 54.6 Å². The molecule has 0 aliphatic heterocycles. The van der Waals surface area contributed by atoms with Crippen molar-refractivity contribution < 1.29 is 29.3 Å². The Morgan fingerprint density at radius 1 is 1.09 bits per heavy atom. The number of ether oxygens (including phenoxy) is 1. The summed E-state index contributed by atoms with van der Waals surface area (Å²) in [6.07, 6.45) is -2.39. The van der Waals surface area contributed by atoms with Gasteiger partial charge < -0.3 is 20.3 Å². The molecule has 1 heterocycles. The highest BCUT2D eigenvalue weighted by Crippen LogP contribution is 2.44. The number of aliphatic hydroxyl groups excluding tert-OH is 1. The first-order valence-corrected chi connectivity index (χ1v) is 10.7. The van der Waals surface area contributed by atoms with Gasteiger partial charge in [-0.3, -0.25) is 14.8 Å².